The van der Waals surface area contributed by atoms with Crippen molar-refractivity contribution in [3.05, 3.63) is 82.5 Å². The number of hydrogen-bond donors (Lipinski definition) is 1. The average Bonchev–Trinajstić information content (AvgIpc) is 3.44. The van der Waals surface area contributed by atoms with E-state index in [4.69, 9.17) is 4.74 Å². The molecule has 0 atom stereocenters. The molecule has 3 nitrogen and oxygen atoms in total. The van der Waals surface area contributed by atoms with Gasteiger partial charge in [0.1, 0.15) is 11.5 Å². The zero-order chi connectivity index (χ0) is 23.1. The summed E-state index contributed by atoms with van der Waals surface area (Å²) in [6.07, 6.45) is 4.52. The third-order valence-electron chi connectivity index (χ3n) is 5.87. The summed E-state index contributed by atoms with van der Waals surface area (Å²) in [7, 11) is 0. The molecule has 3 aromatic carbocycles. The second-order valence-corrected chi connectivity index (χ2v) is 9.17. The van der Waals surface area contributed by atoms with Gasteiger partial charge in [-0.25, -0.2) is 13.2 Å². The predicted octanol–water partition coefficient (Wildman–Crippen LogP) is 7.24. The summed E-state index contributed by atoms with van der Waals surface area (Å²) in [5, 5.41) is 10.4. The molecule has 0 amide bonds. The molecule has 168 valence electrons. The first-order valence-corrected chi connectivity index (χ1v) is 11.4. The Hall–Kier alpha value is -3.32. The fraction of sp³-hybridized carbons (Fsp3) is 0.192. The minimum absolute atomic E-state index is 0.0211. The van der Waals surface area contributed by atoms with Gasteiger partial charge in [-0.3, -0.25) is 4.79 Å². The van der Waals surface area contributed by atoms with Crippen LogP contribution >= 0.6 is 11.3 Å². The van der Waals surface area contributed by atoms with Gasteiger partial charge >= 0.3 is 0 Å². The van der Waals surface area contributed by atoms with Crippen LogP contribution in [0.4, 0.5) is 13.2 Å². The quantitative estimate of drug-likeness (QED) is 0.248. The van der Waals surface area contributed by atoms with Gasteiger partial charge in [0.25, 0.3) is 0 Å². The molecule has 0 spiro atoms. The Balaban J connectivity index is 1.57. The lowest BCUT2D eigenvalue weighted by Crippen LogP contribution is -2.11. The SMILES string of the molecule is O=C(c1ccc(OC2CCCC2)cc1)c1sc2ccc(O)cc2c1-c1cc(F)c(F)c(F)c1. The first-order chi connectivity index (χ1) is 15.9. The van der Waals surface area contributed by atoms with E-state index in [0.717, 1.165) is 49.2 Å². The van der Waals surface area contributed by atoms with E-state index < -0.39 is 17.5 Å². The van der Waals surface area contributed by atoms with Gasteiger partial charge in [0.05, 0.1) is 11.0 Å². The Morgan fingerprint density at radius 1 is 0.939 bits per heavy atom. The maximum atomic E-state index is 14.0. The Morgan fingerprint density at radius 2 is 1.61 bits per heavy atom. The molecule has 1 aromatic heterocycles. The van der Waals surface area contributed by atoms with Crippen LogP contribution in [0.5, 0.6) is 11.5 Å². The van der Waals surface area contributed by atoms with Crippen molar-refractivity contribution >= 4 is 27.2 Å². The lowest BCUT2D eigenvalue weighted by Gasteiger charge is -2.13. The lowest BCUT2D eigenvalue weighted by atomic mass is 9.97. The van der Waals surface area contributed by atoms with Crippen LogP contribution in [0.3, 0.4) is 0 Å². The summed E-state index contributed by atoms with van der Waals surface area (Å²) in [5.74, 6) is -4.00. The summed E-state index contributed by atoms with van der Waals surface area (Å²) < 4.78 is 48.2. The van der Waals surface area contributed by atoms with Crippen molar-refractivity contribution in [2.75, 3.05) is 0 Å². The smallest absolute Gasteiger partial charge is 0.203 e. The molecule has 1 N–H and O–H groups in total. The summed E-state index contributed by atoms with van der Waals surface area (Å²) in [4.78, 5) is 13.7. The number of ketones is 1. The number of ether oxygens (including phenoxy) is 1. The first-order valence-electron chi connectivity index (χ1n) is 10.6. The van der Waals surface area contributed by atoms with Gasteiger partial charge in [-0.1, -0.05) is 0 Å². The Morgan fingerprint density at radius 3 is 2.27 bits per heavy atom. The molecule has 1 saturated carbocycles. The number of phenols is 1. The highest BCUT2D eigenvalue weighted by atomic mass is 32.1. The number of benzene rings is 3. The Kier molecular flexibility index (Phi) is 5.58. The molecular weight excluding hydrogens is 449 g/mol. The van der Waals surface area contributed by atoms with Crippen LogP contribution in [-0.4, -0.2) is 17.0 Å². The predicted molar refractivity (Wildman–Crippen MR) is 122 cm³/mol. The second kappa shape index (κ2) is 8.56. The van der Waals surface area contributed by atoms with Crippen LogP contribution in [0.15, 0.2) is 54.6 Å². The third-order valence-corrected chi connectivity index (χ3v) is 7.04. The number of thiophene rings is 1. The number of hydrogen-bond acceptors (Lipinski definition) is 4. The van der Waals surface area contributed by atoms with E-state index in [0.29, 0.717) is 21.4 Å². The highest BCUT2D eigenvalue weighted by molar-refractivity contribution is 7.21. The Bertz CT molecular complexity index is 1330. The molecule has 0 aliphatic heterocycles. The molecule has 7 heteroatoms. The summed E-state index contributed by atoms with van der Waals surface area (Å²) >= 11 is 1.15. The molecule has 0 radical (unpaired) electrons. The largest absolute Gasteiger partial charge is 0.508 e. The number of carbonyl (C=O) groups is 1. The van der Waals surface area contributed by atoms with Gasteiger partial charge in [0.2, 0.25) is 5.78 Å². The van der Waals surface area contributed by atoms with E-state index in [1.54, 1.807) is 30.3 Å². The van der Waals surface area contributed by atoms with Crippen molar-refractivity contribution in [1.82, 2.24) is 0 Å². The minimum Gasteiger partial charge on any atom is -0.508 e. The molecule has 1 fully saturated rings. The third kappa shape index (κ3) is 4.09. The number of aromatic hydroxyl groups is 1. The summed E-state index contributed by atoms with van der Waals surface area (Å²) in [5.41, 5.74) is 0.654. The molecule has 4 aromatic rings. The van der Waals surface area contributed by atoms with E-state index >= 15 is 0 Å². The van der Waals surface area contributed by atoms with E-state index in [2.05, 4.69) is 0 Å². The number of carbonyl (C=O) groups excluding carboxylic acids is 1. The molecule has 1 aliphatic rings. The average molecular weight is 468 g/mol. The molecule has 0 unspecified atom stereocenters. The van der Waals surface area contributed by atoms with E-state index in [1.165, 1.54) is 12.1 Å². The van der Waals surface area contributed by atoms with Crippen LogP contribution in [-0.2, 0) is 0 Å². The van der Waals surface area contributed by atoms with Crippen molar-refractivity contribution in [1.29, 1.82) is 0 Å². The molecule has 0 saturated heterocycles. The molecule has 1 aliphatic carbocycles. The number of fused-ring (bicyclic) bond motifs is 1. The van der Waals surface area contributed by atoms with Gasteiger partial charge in [-0.05, 0) is 85.8 Å². The van der Waals surface area contributed by atoms with E-state index in [-0.39, 0.29) is 33.6 Å². The minimum atomic E-state index is -1.58. The standard InChI is InChI=1S/C26H19F3O3S/c27-20-11-15(12-21(28)24(20)29)23-19-13-16(30)7-10-22(19)33-26(23)25(31)14-5-8-18(9-6-14)32-17-3-1-2-4-17/h5-13,17,30H,1-4H2. The van der Waals surface area contributed by atoms with Gasteiger partial charge in [0.15, 0.2) is 17.5 Å². The van der Waals surface area contributed by atoms with Gasteiger partial charge in [-0.15, -0.1) is 11.3 Å². The van der Waals surface area contributed by atoms with Crippen molar-refractivity contribution in [3.8, 4) is 22.6 Å². The topological polar surface area (TPSA) is 46.5 Å². The highest BCUT2D eigenvalue weighted by Crippen LogP contribution is 2.42. The van der Waals surface area contributed by atoms with Crippen LogP contribution in [0.2, 0.25) is 0 Å². The fourth-order valence-corrected chi connectivity index (χ4v) is 5.41. The van der Waals surface area contributed by atoms with Crippen LogP contribution in [0.1, 0.15) is 40.9 Å². The number of halogens is 3. The molecular formula is C26H19F3O3S. The van der Waals surface area contributed by atoms with Crippen LogP contribution < -0.4 is 4.74 Å². The monoisotopic (exact) mass is 468 g/mol. The summed E-state index contributed by atoms with van der Waals surface area (Å²) in [6.45, 7) is 0. The molecule has 1 heterocycles. The van der Waals surface area contributed by atoms with Crippen molar-refractivity contribution < 1.29 is 27.8 Å². The van der Waals surface area contributed by atoms with Crippen LogP contribution in [0.25, 0.3) is 21.2 Å². The van der Waals surface area contributed by atoms with E-state index in [9.17, 15) is 23.1 Å². The fourth-order valence-electron chi connectivity index (χ4n) is 4.25. The Labute approximate surface area is 192 Å². The maximum Gasteiger partial charge on any atom is 0.203 e. The molecule has 0 bridgehead atoms. The number of phenolic OH excluding ortho intramolecular Hbond substituents is 1. The molecule has 33 heavy (non-hydrogen) atoms. The zero-order valence-corrected chi connectivity index (χ0v) is 18.2. The second-order valence-electron chi connectivity index (χ2n) is 8.12. The molecule has 5 rings (SSSR count). The van der Waals surface area contributed by atoms with Gasteiger partial charge < -0.3 is 9.84 Å². The van der Waals surface area contributed by atoms with Crippen molar-refractivity contribution in [2.45, 2.75) is 31.8 Å². The normalized spacial score (nSPS) is 14.2. The highest BCUT2D eigenvalue weighted by Gasteiger charge is 2.24. The zero-order valence-electron chi connectivity index (χ0n) is 17.4. The van der Waals surface area contributed by atoms with Crippen LogP contribution in [0, 0.1) is 17.5 Å². The first kappa shape index (κ1) is 21.5. The lowest BCUT2D eigenvalue weighted by molar-refractivity contribution is 0.104. The van der Waals surface area contributed by atoms with Crippen molar-refractivity contribution in [3.63, 3.8) is 0 Å². The van der Waals surface area contributed by atoms with E-state index in [1.807, 2.05) is 0 Å². The van der Waals surface area contributed by atoms with Gasteiger partial charge in [0, 0.05) is 21.2 Å². The summed E-state index contributed by atoms with van der Waals surface area (Å²) in [6, 6.07) is 13.0. The van der Waals surface area contributed by atoms with Gasteiger partial charge in [-0.2, -0.15) is 0 Å². The number of rotatable bonds is 5. The van der Waals surface area contributed by atoms with Crippen molar-refractivity contribution in [2.24, 2.45) is 0 Å². The maximum absolute atomic E-state index is 14.0.